The number of ether oxygens (including phenoxy) is 1. The average molecular weight is 476 g/mol. The summed E-state index contributed by atoms with van der Waals surface area (Å²) >= 11 is 5.76. The second-order valence-corrected chi connectivity index (χ2v) is 8.06. The maximum absolute atomic E-state index is 14.1. The zero-order valence-corrected chi connectivity index (χ0v) is 18.1. The van der Waals surface area contributed by atoms with Crippen LogP contribution in [0.4, 0.5) is 8.78 Å². The van der Waals surface area contributed by atoms with E-state index in [0.717, 1.165) is 16.8 Å². The zero-order chi connectivity index (χ0) is 23.5. The number of hydrogen-bond donors (Lipinski definition) is 2. The molecule has 3 aromatic rings. The number of halogens is 3. The van der Waals surface area contributed by atoms with Crippen molar-refractivity contribution in [2.75, 3.05) is 19.8 Å². The normalized spacial score (nSPS) is 16.5. The van der Waals surface area contributed by atoms with Gasteiger partial charge in [-0.25, -0.2) is 8.78 Å². The third-order valence-electron chi connectivity index (χ3n) is 5.47. The van der Waals surface area contributed by atoms with Gasteiger partial charge in [0.25, 0.3) is 11.5 Å². The fourth-order valence-corrected chi connectivity index (χ4v) is 3.78. The van der Waals surface area contributed by atoms with Crippen molar-refractivity contribution in [2.45, 2.75) is 12.5 Å². The molecule has 10 heteroatoms. The molecule has 1 aliphatic heterocycles. The predicted molar refractivity (Wildman–Crippen MR) is 117 cm³/mol. The molecule has 2 aromatic carbocycles. The van der Waals surface area contributed by atoms with Crippen LogP contribution in [0.3, 0.4) is 0 Å². The van der Waals surface area contributed by atoms with Gasteiger partial charge >= 0.3 is 0 Å². The van der Waals surface area contributed by atoms with Gasteiger partial charge in [-0.2, -0.15) is 9.78 Å². The van der Waals surface area contributed by atoms with Crippen LogP contribution >= 0.6 is 11.6 Å². The fourth-order valence-electron chi connectivity index (χ4n) is 3.67. The molecule has 4 rings (SSSR count). The van der Waals surface area contributed by atoms with Crippen molar-refractivity contribution < 1.29 is 23.4 Å². The van der Waals surface area contributed by atoms with E-state index < -0.39 is 29.1 Å². The van der Waals surface area contributed by atoms with E-state index in [-0.39, 0.29) is 40.1 Å². The number of aliphatic hydroxyl groups excluding tert-OH is 1. The van der Waals surface area contributed by atoms with Crippen LogP contribution in [0.25, 0.3) is 16.9 Å². The first-order valence-electron chi connectivity index (χ1n) is 10.2. The number of carbonyl (C=O) groups is 1. The molecule has 0 bridgehead atoms. The van der Waals surface area contributed by atoms with Crippen molar-refractivity contribution in [1.29, 1.82) is 0 Å². The van der Waals surface area contributed by atoms with E-state index >= 15 is 0 Å². The summed E-state index contributed by atoms with van der Waals surface area (Å²) in [6.45, 7) is 0.563. The Morgan fingerprint density at radius 3 is 2.76 bits per heavy atom. The Morgan fingerprint density at radius 2 is 2.09 bits per heavy atom. The number of nitrogens with zero attached hydrogens (tertiary/aromatic N) is 2. The Labute approximate surface area is 192 Å². The summed E-state index contributed by atoms with van der Waals surface area (Å²) < 4.78 is 34.1. The van der Waals surface area contributed by atoms with Crippen LogP contribution in [0.1, 0.15) is 16.8 Å². The third kappa shape index (κ3) is 4.95. The van der Waals surface area contributed by atoms with E-state index in [2.05, 4.69) is 10.4 Å². The van der Waals surface area contributed by atoms with Crippen LogP contribution < -0.4 is 10.9 Å². The first-order chi connectivity index (χ1) is 15.9. The van der Waals surface area contributed by atoms with Crippen LogP contribution in [0.2, 0.25) is 5.02 Å². The minimum Gasteiger partial charge on any atom is -0.394 e. The number of aromatic nitrogens is 2. The van der Waals surface area contributed by atoms with Gasteiger partial charge in [0.2, 0.25) is 0 Å². The highest BCUT2D eigenvalue weighted by atomic mass is 35.5. The molecule has 2 unspecified atom stereocenters. The van der Waals surface area contributed by atoms with Crippen molar-refractivity contribution in [2.24, 2.45) is 5.92 Å². The first kappa shape index (κ1) is 23.0. The molecule has 7 nitrogen and oxygen atoms in total. The summed E-state index contributed by atoms with van der Waals surface area (Å²) in [4.78, 5) is 26.2. The number of rotatable bonds is 6. The van der Waals surface area contributed by atoms with Crippen molar-refractivity contribution in [3.63, 3.8) is 0 Å². The quantitative estimate of drug-likeness (QED) is 0.572. The Kier molecular flexibility index (Phi) is 6.83. The maximum atomic E-state index is 14.1. The molecule has 1 aromatic heterocycles. The topological polar surface area (TPSA) is 93.4 Å². The zero-order valence-electron chi connectivity index (χ0n) is 17.3. The van der Waals surface area contributed by atoms with Gasteiger partial charge in [0.1, 0.15) is 17.2 Å². The largest absolute Gasteiger partial charge is 0.394 e. The van der Waals surface area contributed by atoms with Gasteiger partial charge in [-0.05, 0) is 42.8 Å². The molecule has 1 aliphatic rings. The summed E-state index contributed by atoms with van der Waals surface area (Å²) in [6.07, 6.45) is 0.657. The maximum Gasteiger partial charge on any atom is 0.284 e. The lowest BCUT2D eigenvalue weighted by molar-refractivity contribution is 0.0875. The van der Waals surface area contributed by atoms with E-state index in [1.807, 2.05) is 0 Å². The third-order valence-corrected chi connectivity index (χ3v) is 5.78. The molecule has 0 radical (unpaired) electrons. The van der Waals surface area contributed by atoms with Crippen LogP contribution in [0, 0.1) is 17.6 Å². The number of aliphatic hydroxyl groups is 1. The lowest BCUT2D eigenvalue weighted by atomic mass is 9.99. The molecule has 0 aliphatic carbocycles. The molecule has 2 heterocycles. The highest BCUT2D eigenvalue weighted by Crippen LogP contribution is 2.24. The van der Waals surface area contributed by atoms with Gasteiger partial charge in [0, 0.05) is 18.1 Å². The van der Waals surface area contributed by atoms with Gasteiger partial charge in [-0.1, -0.05) is 23.7 Å². The minimum absolute atomic E-state index is 0.0910. The molecular formula is C23H20ClF2N3O4. The molecule has 0 saturated carbocycles. The van der Waals surface area contributed by atoms with Crippen molar-refractivity contribution >= 4 is 17.5 Å². The lowest BCUT2D eigenvalue weighted by Gasteiger charge is -2.21. The highest BCUT2D eigenvalue weighted by Gasteiger charge is 2.28. The van der Waals surface area contributed by atoms with Gasteiger partial charge in [0.05, 0.1) is 35.7 Å². The Bertz CT molecular complexity index is 1240. The summed E-state index contributed by atoms with van der Waals surface area (Å²) in [5, 5.41) is 16.5. The van der Waals surface area contributed by atoms with Gasteiger partial charge < -0.3 is 15.2 Å². The molecular weight excluding hydrogens is 456 g/mol. The Balaban J connectivity index is 1.81. The molecule has 1 amide bonds. The van der Waals surface area contributed by atoms with Crippen LogP contribution in [0.5, 0.6) is 0 Å². The summed E-state index contributed by atoms with van der Waals surface area (Å²) in [6, 6.07) is 9.70. The van der Waals surface area contributed by atoms with Gasteiger partial charge in [0.15, 0.2) is 0 Å². The highest BCUT2D eigenvalue weighted by molar-refractivity contribution is 6.30. The monoisotopic (exact) mass is 475 g/mol. The number of hydrogen-bond acceptors (Lipinski definition) is 5. The van der Waals surface area contributed by atoms with Crippen LogP contribution in [-0.4, -0.2) is 46.7 Å². The van der Waals surface area contributed by atoms with Crippen molar-refractivity contribution in [3.8, 4) is 16.9 Å². The van der Waals surface area contributed by atoms with E-state index in [4.69, 9.17) is 16.3 Å². The van der Waals surface area contributed by atoms with E-state index in [0.29, 0.717) is 19.6 Å². The Morgan fingerprint density at radius 1 is 1.27 bits per heavy atom. The second kappa shape index (κ2) is 9.78. The minimum atomic E-state index is -0.796. The first-order valence-corrected chi connectivity index (χ1v) is 10.6. The molecule has 1 fully saturated rings. The predicted octanol–water partition coefficient (Wildman–Crippen LogP) is 2.96. The molecule has 172 valence electrons. The van der Waals surface area contributed by atoms with E-state index in [1.54, 1.807) is 0 Å². The average Bonchev–Trinajstić information content (AvgIpc) is 3.34. The number of carbonyl (C=O) groups excluding carboxylic acids is 1. The fraction of sp³-hybridized carbons (Fsp3) is 0.261. The summed E-state index contributed by atoms with van der Waals surface area (Å²) in [5.74, 6) is -2.14. The Hall–Kier alpha value is -3.14. The lowest BCUT2D eigenvalue weighted by Crippen LogP contribution is -2.45. The summed E-state index contributed by atoms with van der Waals surface area (Å²) in [5.41, 5.74) is -0.635. The summed E-state index contributed by atoms with van der Waals surface area (Å²) in [7, 11) is 0. The number of nitrogens with one attached hydrogen (secondary N) is 1. The molecule has 1 saturated heterocycles. The van der Waals surface area contributed by atoms with E-state index in [1.165, 1.54) is 36.4 Å². The van der Waals surface area contributed by atoms with Crippen LogP contribution in [-0.2, 0) is 4.74 Å². The second-order valence-electron chi connectivity index (χ2n) is 7.66. The molecule has 0 spiro atoms. The van der Waals surface area contributed by atoms with Gasteiger partial charge in [-0.15, -0.1) is 0 Å². The SMILES string of the molecule is O=C(NC(CO)C1CCOC1)c1cc(-c2ccc(Cl)c(F)c2)nn(-c2cccc(F)c2)c1=O. The van der Waals surface area contributed by atoms with E-state index in [9.17, 15) is 23.5 Å². The number of amides is 1. The van der Waals surface area contributed by atoms with Crippen molar-refractivity contribution in [1.82, 2.24) is 15.1 Å². The van der Waals surface area contributed by atoms with Crippen LogP contribution in [0.15, 0.2) is 53.3 Å². The number of benzene rings is 2. The smallest absolute Gasteiger partial charge is 0.284 e. The molecule has 33 heavy (non-hydrogen) atoms. The van der Waals surface area contributed by atoms with Gasteiger partial charge in [-0.3, -0.25) is 9.59 Å². The standard InChI is InChI=1S/C23H20ClF2N3O4/c24-18-5-4-13(8-19(18)26)20-10-17(22(31)27-21(11-30)14-6-7-33-12-14)23(32)29(28-20)16-3-1-2-15(25)9-16/h1-5,8-10,14,21,30H,6-7,11-12H2,(H,27,31). The van der Waals surface area contributed by atoms with Crippen molar-refractivity contribution in [3.05, 3.63) is 81.1 Å². The molecule has 2 atom stereocenters. The molecule has 2 N–H and O–H groups in total.